The molecule has 0 spiro atoms. The molecular formula is C12H15NO5. The Kier molecular flexibility index (Phi) is 3.69. The number of benzene rings is 1. The molecule has 0 saturated carbocycles. The number of hydrogen-bond donors (Lipinski definition) is 3. The van der Waals surface area contributed by atoms with Gasteiger partial charge in [-0.1, -0.05) is 6.07 Å². The van der Waals surface area contributed by atoms with Crippen LogP contribution < -0.4 is 0 Å². The van der Waals surface area contributed by atoms with Crippen molar-refractivity contribution in [1.29, 1.82) is 0 Å². The summed E-state index contributed by atoms with van der Waals surface area (Å²) in [5.74, 6) is -1.20. The average molecular weight is 253 g/mol. The molecule has 1 atom stereocenters. The SMILES string of the molecule is O=C(c1cccc(O)c1O)N1CCOCC1CO. The van der Waals surface area contributed by atoms with Gasteiger partial charge in [-0.25, -0.2) is 0 Å². The van der Waals surface area contributed by atoms with Gasteiger partial charge >= 0.3 is 0 Å². The van der Waals surface area contributed by atoms with Gasteiger partial charge in [-0.05, 0) is 12.1 Å². The van der Waals surface area contributed by atoms with Gasteiger partial charge in [0, 0.05) is 6.54 Å². The quantitative estimate of drug-likeness (QED) is 0.642. The van der Waals surface area contributed by atoms with Gasteiger partial charge in [-0.3, -0.25) is 4.79 Å². The predicted octanol–water partition coefficient (Wildman–Crippen LogP) is -0.0689. The van der Waals surface area contributed by atoms with Gasteiger partial charge in [-0.2, -0.15) is 0 Å². The summed E-state index contributed by atoms with van der Waals surface area (Å²) in [5.41, 5.74) is 0.0235. The van der Waals surface area contributed by atoms with Crippen LogP contribution in [0.15, 0.2) is 18.2 Å². The number of morpholine rings is 1. The number of carbonyl (C=O) groups excluding carboxylic acids is 1. The van der Waals surface area contributed by atoms with E-state index in [-0.39, 0.29) is 24.5 Å². The Labute approximate surface area is 104 Å². The van der Waals surface area contributed by atoms with Crippen molar-refractivity contribution in [3.8, 4) is 11.5 Å². The highest BCUT2D eigenvalue weighted by molar-refractivity contribution is 5.97. The standard InChI is InChI=1S/C12H15NO5/c14-6-8-7-18-5-4-13(8)12(17)9-2-1-3-10(15)11(9)16/h1-3,8,14-16H,4-7H2. The first-order valence-corrected chi connectivity index (χ1v) is 5.65. The first-order chi connectivity index (χ1) is 8.65. The van der Waals surface area contributed by atoms with Crippen molar-refractivity contribution in [3.63, 3.8) is 0 Å². The zero-order valence-corrected chi connectivity index (χ0v) is 9.74. The lowest BCUT2D eigenvalue weighted by Gasteiger charge is -2.34. The highest BCUT2D eigenvalue weighted by atomic mass is 16.5. The summed E-state index contributed by atoms with van der Waals surface area (Å²) < 4.78 is 5.18. The van der Waals surface area contributed by atoms with Crippen molar-refractivity contribution >= 4 is 5.91 Å². The minimum atomic E-state index is -0.439. The van der Waals surface area contributed by atoms with Gasteiger partial charge in [0.25, 0.3) is 5.91 Å². The normalized spacial score (nSPS) is 19.8. The van der Waals surface area contributed by atoms with Gasteiger partial charge in [0.2, 0.25) is 0 Å². The number of phenols is 2. The van der Waals surface area contributed by atoms with Crippen LogP contribution in [0.5, 0.6) is 11.5 Å². The minimum Gasteiger partial charge on any atom is -0.504 e. The van der Waals surface area contributed by atoms with E-state index in [0.29, 0.717) is 13.2 Å². The molecular weight excluding hydrogens is 238 g/mol. The van der Waals surface area contributed by atoms with E-state index in [1.165, 1.54) is 23.1 Å². The molecule has 3 N–H and O–H groups in total. The van der Waals surface area contributed by atoms with E-state index in [1.54, 1.807) is 0 Å². The zero-order valence-electron chi connectivity index (χ0n) is 9.74. The molecule has 1 aliphatic rings. The van der Waals surface area contributed by atoms with Crippen LogP contribution >= 0.6 is 0 Å². The Morgan fingerprint density at radius 2 is 2.22 bits per heavy atom. The fourth-order valence-electron chi connectivity index (χ4n) is 1.93. The smallest absolute Gasteiger partial charge is 0.258 e. The number of amides is 1. The molecule has 0 radical (unpaired) electrons. The fourth-order valence-corrected chi connectivity index (χ4v) is 1.93. The molecule has 1 saturated heterocycles. The van der Waals surface area contributed by atoms with E-state index in [4.69, 9.17) is 4.74 Å². The maximum absolute atomic E-state index is 12.2. The van der Waals surface area contributed by atoms with E-state index in [2.05, 4.69) is 0 Å². The number of aliphatic hydroxyl groups excluding tert-OH is 1. The van der Waals surface area contributed by atoms with Crippen LogP contribution in [-0.4, -0.2) is 58.5 Å². The molecule has 1 heterocycles. The molecule has 98 valence electrons. The minimum absolute atomic E-state index is 0.0235. The summed E-state index contributed by atoms with van der Waals surface area (Å²) in [6, 6.07) is 3.79. The molecule has 1 aliphatic heterocycles. The number of aliphatic hydroxyl groups is 1. The third-order valence-electron chi connectivity index (χ3n) is 2.94. The van der Waals surface area contributed by atoms with E-state index >= 15 is 0 Å². The second kappa shape index (κ2) is 5.24. The van der Waals surface area contributed by atoms with Crippen LogP contribution in [0.1, 0.15) is 10.4 Å². The van der Waals surface area contributed by atoms with Crippen molar-refractivity contribution in [2.75, 3.05) is 26.4 Å². The fraction of sp³-hybridized carbons (Fsp3) is 0.417. The largest absolute Gasteiger partial charge is 0.504 e. The lowest BCUT2D eigenvalue weighted by atomic mass is 10.1. The number of nitrogens with zero attached hydrogens (tertiary/aromatic N) is 1. The van der Waals surface area contributed by atoms with Crippen LogP contribution in [0.3, 0.4) is 0 Å². The Bertz CT molecular complexity index is 448. The van der Waals surface area contributed by atoms with Gasteiger partial charge < -0.3 is 25.0 Å². The van der Waals surface area contributed by atoms with Gasteiger partial charge in [0.05, 0.1) is 31.4 Å². The second-order valence-electron chi connectivity index (χ2n) is 4.08. The Balaban J connectivity index is 2.27. The molecule has 1 aromatic rings. The lowest BCUT2D eigenvalue weighted by molar-refractivity contribution is -0.0185. The highest BCUT2D eigenvalue weighted by Gasteiger charge is 2.29. The molecule has 0 aromatic heterocycles. The average Bonchev–Trinajstić information content (AvgIpc) is 2.41. The van der Waals surface area contributed by atoms with Crippen molar-refractivity contribution < 1.29 is 24.9 Å². The monoisotopic (exact) mass is 253 g/mol. The number of carbonyl (C=O) groups is 1. The topological polar surface area (TPSA) is 90.2 Å². The molecule has 1 aromatic carbocycles. The Morgan fingerprint density at radius 3 is 2.94 bits per heavy atom. The lowest BCUT2D eigenvalue weighted by Crippen LogP contribution is -2.50. The molecule has 1 unspecified atom stereocenters. The zero-order chi connectivity index (χ0) is 13.1. The van der Waals surface area contributed by atoms with Crippen LogP contribution in [0, 0.1) is 0 Å². The summed E-state index contributed by atoms with van der Waals surface area (Å²) >= 11 is 0. The van der Waals surface area contributed by atoms with Crippen LogP contribution in [-0.2, 0) is 4.74 Å². The highest BCUT2D eigenvalue weighted by Crippen LogP contribution is 2.29. The Morgan fingerprint density at radius 1 is 1.44 bits per heavy atom. The summed E-state index contributed by atoms with van der Waals surface area (Å²) in [5, 5.41) is 28.2. The van der Waals surface area contributed by atoms with Gasteiger partial charge in [0.1, 0.15) is 0 Å². The van der Waals surface area contributed by atoms with E-state index < -0.39 is 17.7 Å². The maximum Gasteiger partial charge on any atom is 0.258 e. The second-order valence-corrected chi connectivity index (χ2v) is 4.08. The number of aromatic hydroxyl groups is 2. The molecule has 1 fully saturated rings. The van der Waals surface area contributed by atoms with Crippen molar-refractivity contribution in [3.05, 3.63) is 23.8 Å². The van der Waals surface area contributed by atoms with Crippen molar-refractivity contribution in [2.45, 2.75) is 6.04 Å². The summed E-state index contributed by atoms with van der Waals surface area (Å²) in [6.45, 7) is 0.800. The molecule has 1 amide bonds. The number of rotatable bonds is 2. The maximum atomic E-state index is 12.2. The van der Waals surface area contributed by atoms with Crippen LogP contribution in [0.4, 0.5) is 0 Å². The third-order valence-corrected chi connectivity index (χ3v) is 2.94. The number of para-hydroxylation sites is 1. The van der Waals surface area contributed by atoms with Crippen LogP contribution in [0.2, 0.25) is 0 Å². The Hall–Kier alpha value is -1.79. The molecule has 0 aliphatic carbocycles. The summed E-state index contributed by atoms with van der Waals surface area (Å²) in [4.78, 5) is 13.7. The molecule has 2 rings (SSSR count). The number of hydrogen-bond acceptors (Lipinski definition) is 5. The van der Waals surface area contributed by atoms with Gasteiger partial charge in [0.15, 0.2) is 11.5 Å². The van der Waals surface area contributed by atoms with E-state index in [9.17, 15) is 20.1 Å². The molecule has 6 nitrogen and oxygen atoms in total. The predicted molar refractivity (Wildman–Crippen MR) is 62.5 cm³/mol. The van der Waals surface area contributed by atoms with Crippen molar-refractivity contribution in [1.82, 2.24) is 4.90 Å². The van der Waals surface area contributed by atoms with Crippen molar-refractivity contribution in [2.24, 2.45) is 0 Å². The molecule has 18 heavy (non-hydrogen) atoms. The number of phenolic OH excluding ortho intramolecular Hbond substituents is 2. The summed E-state index contributed by atoms with van der Waals surface area (Å²) in [7, 11) is 0. The first-order valence-electron chi connectivity index (χ1n) is 5.65. The number of ether oxygens (including phenoxy) is 1. The van der Waals surface area contributed by atoms with Crippen LogP contribution in [0.25, 0.3) is 0 Å². The third kappa shape index (κ3) is 2.25. The summed E-state index contributed by atoms with van der Waals surface area (Å²) in [6.07, 6.45) is 0. The molecule has 6 heteroatoms. The first kappa shape index (κ1) is 12.7. The molecule has 0 bridgehead atoms. The van der Waals surface area contributed by atoms with E-state index in [0.717, 1.165) is 0 Å². The van der Waals surface area contributed by atoms with E-state index in [1.807, 2.05) is 0 Å². The van der Waals surface area contributed by atoms with Gasteiger partial charge in [-0.15, -0.1) is 0 Å².